The van der Waals surface area contributed by atoms with E-state index in [2.05, 4.69) is 70.0 Å². The van der Waals surface area contributed by atoms with Crippen LogP contribution in [0.1, 0.15) is 52.2 Å². The molecule has 1 atom stereocenters. The minimum atomic E-state index is 0.534. The number of hydrogen-bond acceptors (Lipinski definition) is 2. The van der Waals surface area contributed by atoms with Crippen LogP contribution in [0.15, 0.2) is 18.2 Å². The van der Waals surface area contributed by atoms with Crippen molar-refractivity contribution in [2.45, 2.75) is 66.6 Å². The standard InChI is InChI=1S/C17H30N2/c1-7-15(6)19(8-2)17-10-9-16(14(5)11-17)12-18-13(3)4/h9-11,13,15,18H,7-8,12H2,1-6H3. The number of aryl methyl sites for hydroxylation is 1. The Morgan fingerprint density at radius 2 is 1.84 bits per heavy atom. The molecule has 1 unspecified atom stereocenters. The van der Waals surface area contributed by atoms with Gasteiger partial charge in [-0.25, -0.2) is 0 Å². The average Bonchev–Trinajstić information content (AvgIpc) is 2.38. The molecule has 0 spiro atoms. The lowest BCUT2D eigenvalue weighted by molar-refractivity contribution is 0.587. The third-order valence-corrected chi connectivity index (χ3v) is 3.82. The number of nitrogens with one attached hydrogen (secondary N) is 1. The second kappa shape index (κ2) is 7.54. The highest BCUT2D eigenvalue weighted by Crippen LogP contribution is 2.22. The molecule has 1 aromatic carbocycles. The van der Waals surface area contributed by atoms with E-state index in [4.69, 9.17) is 0 Å². The molecule has 0 aliphatic heterocycles. The van der Waals surface area contributed by atoms with Gasteiger partial charge in [0.05, 0.1) is 0 Å². The van der Waals surface area contributed by atoms with E-state index in [-0.39, 0.29) is 0 Å². The van der Waals surface area contributed by atoms with Gasteiger partial charge in [-0.2, -0.15) is 0 Å². The fourth-order valence-electron chi connectivity index (χ4n) is 2.34. The molecule has 0 heterocycles. The van der Waals surface area contributed by atoms with Gasteiger partial charge in [0.1, 0.15) is 0 Å². The monoisotopic (exact) mass is 262 g/mol. The van der Waals surface area contributed by atoms with Crippen LogP contribution in [0, 0.1) is 6.92 Å². The molecule has 0 aromatic heterocycles. The van der Waals surface area contributed by atoms with Crippen molar-refractivity contribution < 1.29 is 0 Å². The zero-order valence-corrected chi connectivity index (χ0v) is 13.5. The fourth-order valence-corrected chi connectivity index (χ4v) is 2.34. The molecule has 19 heavy (non-hydrogen) atoms. The molecule has 1 rings (SSSR count). The number of nitrogens with zero attached hydrogens (tertiary/aromatic N) is 1. The van der Waals surface area contributed by atoms with E-state index in [0.717, 1.165) is 13.1 Å². The molecule has 0 bridgehead atoms. The first-order valence-electron chi connectivity index (χ1n) is 7.59. The average molecular weight is 262 g/mol. The second-order valence-corrected chi connectivity index (χ2v) is 5.69. The van der Waals surface area contributed by atoms with Crippen LogP contribution in [0.5, 0.6) is 0 Å². The van der Waals surface area contributed by atoms with Crippen molar-refractivity contribution in [2.24, 2.45) is 0 Å². The summed E-state index contributed by atoms with van der Waals surface area (Å²) in [5.74, 6) is 0. The van der Waals surface area contributed by atoms with Gasteiger partial charge < -0.3 is 10.2 Å². The van der Waals surface area contributed by atoms with Gasteiger partial charge >= 0.3 is 0 Å². The highest BCUT2D eigenvalue weighted by atomic mass is 15.1. The number of anilines is 1. The van der Waals surface area contributed by atoms with E-state index >= 15 is 0 Å². The summed E-state index contributed by atoms with van der Waals surface area (Å²) in [4.78, 5) is 2.48. The molecule has 0 aliphatic carbocycles. The minimum Gasteiger partial charge on any atom is -0.369 e. The zero-order chi connectivity index (χ0) is 14.4. The SMILES string of the molecule is CCC(C)N(CC)c1ccc(CNC(C)C)c(C)c1. The van der Waals surface area contributed by atoms with Gasteiger partial charge in [-0.3, -0.25) is 0 Å². The number of benzene rings is 1. The van der Waals surface area contributed by atoms with Crippen LogP contribution in [0.25, 0.3) is 0 Å². The molecule has 0 fully saturated rings. The van der Waals surface area contributed by atoms with Gasteiger partial charge in [-0.1, -0.05) is 26.8 Å². The van der Waals surface area contributed by atoms with Crippen LogP contribution in [0.3, 0.4) is 0 Å². The number of rotatable bonds is 7. The van der Waals surface area contributed by atoms with Crippen LogP contribution in [-0.4, -0.2) is 18.6 Å². The van der Waals surface area contributed by atoms with E-state index < -0.39 is 0 Å². The molecule has 0 amide bonds. The summed E-state index contributed by atoms with van der Waals surface area (Å²) in [6.45, 7) is 15.4. The van der Waals surface area contributed by atoms with Crippen LogP contribution >= 0.6 is 0 Å². The molecule has 2 heteroatoms. The summed E-state index contributed by atoms with van der Waals surface area (Å²) in [6.07, 6.45) is 1.18. The van der Waals surface area contributed by atoms with Crippen LogP contribution in [-0.2, 0) is 6.54 Å². The summed E-state index contributed by atoms with van der Waals surface area (Å²) in [7, 11) is 0. The smallest absolute Gasteiger partial charge is 0.0371 e. The van der Waals surface area contributed by atoms with E-state index in [1.165, 1.54) is 23.2 Å². The molecule has 0 aliphatic rings. The first-order chi connectivity index (χ1) is 8.99. The van der Waals surface area contributed by atoms with Crippen LogP contribution < -0.4 is 10.2 Å². The molecule has 0 radical (unpaired) electrons. The minimum absolute atomic E-state index is 0.534. The van der Waals surface area contributed by atoms with Gasteiger partial charge in [0.15, 0.2) is 0 Å². The second-order valence-electron chi connectivity index (χ2n) is 5.69. The summed E-state index contributed by atoms with van der Waals surface area (Å²) in [5, 5.41) is 3.49. The normalized spacial score (nSPS) is 12.8. The summed E-state index contributed by atoms with van der Waals surface area (Å²) >= 11 is 0. The third kappa shape index (κ3) is 4.54. The maximum atomic E-state index is 3.49. The highest BCUT2D eigenvalue weighted by Gasteiger charge is 2.11. The van der Waals surface area contributed by atoms with Crippen molar-refractivity contribution in [3.8, 4) is 0 Å². The van der Waals surface area contributed by atoms with E-state index in [1.807, 2.05) is 0 Å². The molecule has 108 valence electrons. The largest absolute Gasteiger partial charge is 0.369 e. The van der Waals surface area contributed by atoms with Gasteiger partial charge in [0, 0.05) is 30.9 Å². The Hall–Kier alpha value is -1.02. The van der Waals surface area contributed by atoms with Gasteiger partial charge in [0.25, 0.3) is 0 Å². The molecular weight excluding hydrogens is 232 g/mol. The van der Waals surface area contributed by atoms with E-state index in [0.29, 0.717) is 12.1 Å². The molecule has 2 nitrogen and oxygen atoms in total. The lowest BCUT2D eigenvalue weighted by atomic mass is 10.1. The molecule has 0 saturated carbocycles. The lowest BCUT2D eigenvalue weighted by Crippen LogP contribution is -2.32. The summed E-state index contributed by atoms with van der Waals surface area (Å²) < 4.78 is 0. The number of hydrogen-bond donors (Lipinski definition) is 1. The van der Waals surface area contributed by atoms with Crippen molar-refractivity contribution in [1.29, 1.82) is 0 Å². The van der Waals surface area contributed by atoms with Crippen LogP contribution in [0.2, 0.25) is 0 Å². The Morgan fingerprint density at radius 3 is 2.32 bits per heavy atom. The molecule has 1 aromatic rings. The van der Waals surface area contributed by atoms with Crippen molar-refractivity contribution in [3.05, 3.63) is 29.3 Å². The molecule has 1 N–H and O–H groups in total. The Kier molecular flexibility index (Phi) is 6.36. The van der Waals surface area contributed by atoms with Gasteiger partial charge in [0.2, 0.25) is 0 Å². The van der Waals surface area contributed by atoms with Gasteiger partial charge in [-0.05, 0) is 50.5 Å². The molecular formula is C17H30N2. The third-order valence-electron chi connectivity index (χ3n) is 3.82. The van der Waals surface area contributed by atoms with Crippen molar-refractivity contribution >= 4 is 5.69 Å². The Bertz CT molecular complexity index is 385. The molecule has 0 saturated heterocycles. The Labute approximate surface area is 119 Å². The van der Waals surface area contributed by atoms with Crippen molar-refractivity contribution in [1.82, 2.24) is 5.32 Å². The van der Waals surface area contributed by atoms with E-state index in [1.54, 1.807) is 0 Å². The topological polar surface area (TPSA) is 15.3 Å². The Morgan fingerprint density at radius 1 is 1.16 bits per heavy atom. The van der Waals surface area contributed by atoms with Crippen molar-refractivity contribution in [3.63, 3.8) is 0 Å². The van der Waals surface area contributed by atoms with Crippen molar-refractivity contribution in [2.75, 3.05) is 11.4 Å². The predicted octanol–water partition coefficient (Wildman–Crippen LogP) is 4.12. The maximum Gasteiger partial charge on any atom is 0.0371 e. The predicted molar refractivity (Wildman–Crippen MR) is 85.9 cm³/mol. The maximum absolute atomic E-state index is 3.49. The van der Waals surface area contributed by atoms with E-state index in [9.17, 15) is 0 Å². The summed E-state index contributed by atoms with van der Waals surface area (Å²) in [6, 6.07) is 7.99. The van der Waals surface area contributed by atoms with Crippen LogP contribution in [0.4, 0.5) is 5.69 Å². The van der Waals surface area contributed by atoms with Gasteiger partial charge in [-0.15, -0.1) is 0 Å². The quantitative estimate of drug-likeness (QED) is 0.795. The Balaban J connectivity index is 2.85. The zero-order valence-electron chi connectivity index (χ0n) is 13.5. The lowest BCUT2D eigenvalue weighted by Gasteiger charge is -2.30. The fraction of sp³-hybridized carbons (Fsp3) is 0.647. The first-order valence-corrected chi connectivity index (χ1v) is 7.59. The first kappa shape index (κ1) is 16.0. The highest BCUT2D eigenvalue weighted by molar-refractivity contribution is 5.51. The summed E-state index contributed by atoms with van der Waals surface area (Å²) in [5.41, 5.74) is 4.13.